The van der Waals surface area contributed by atoms with Crippen LogP contribution in [0.3, 0.4) is 0 Å². The molecule has 5 atom stereocenters. The molecule has 0 radical (unpaired) electrons. The van der Waals surface area contributed by atoms with E-state index in [0.717, 1.165) is 12.5 Å². The molecule has 5 N–H and O–H groups in total. The zero-order valence-corrected chi connectivity index (χ0v) is 38.1. The fourth-order valence-corrected chi connectivity index (χ4v) is 7.89. The van der Waals surface area contributed by atoms with Crippen molar-refractivity contribution in [2.24, 2.45) is 11.8 Å². The Morgan fingerprint density at radius 3 is 1.95 bits per heavy atom. The summed E-state index contributed by atoms with van der Waals surface area (Å²) in [7, 11) is -4.16. The fraction of sp³-hybridized carbons (Fsp3) is 0.587. The van der Waals surface area contributed by atoms with Crippen LogP contribution in [0.5, 0.6) is 0 Å². The van der Waals surface area contributed by atoms with Crippen LogP contribution in [-0.4, -0.2) is 136 Å². The molecule has 1 aliphatic rings. The number of rotatable bonds is 28. The van der Waals surface area contributed by atoms with E-state index in [1.54, 1.807) is 30.3 Å². The lowest BCUT2D eigenvalue weighted by atomic mass is 9.90. The maximum atomic E-state index is 14.3. The van der Waals surface area contributed by atoms with E-state index in [1.165, 1.54) is 0 Å². The standard InChI is InChI=1S/C46H67N5O11S/c1-7-23-60-24-14-27-63(58,59)62-32-46(6,57)42(53)38(28-33(2)3)48-45(56)40(30-36-17-12-9-13-18-36)50-44(55)39(29-34(4)5)49-43(54)37(20-19-35-15-10-8-11-16-35)47-41(52)31-51-21-25-61-26-22-51/h1,8-13,15-18,33-34,37-40,57H,14,19-32H2,2-6H3,(H,47,52)(H,48,56)(H,49,54)(H,50,55)/t37-,38-,39-,40-,46+/m0/s1. The van der Waals surface area contributed by atoms with Crippen molar-refractivity contribution in [1.82, 2.24) is 26.2 Å². The molecule has 0 aromatic heterocycles. The number of morpholine rings is 1. The normalized spacial score (nSPS) is 16.2. The first-order valence-corrected chi connectivity index (χ1v) is 23.2. The Morgan fingerprint density at radius 2 is 1.35 bits per heavy atom. The molecule has 1 heterocycles. The van der Waals surface area contributed by atoms with Gasteiger partial charge in [-0.3, -0.25) is 33.1 Å². The van der Waals surface area contributed by atoms with Gasteiger partial charge in [-0.25, -0.2) is 0 Å². The molecular formula is C46H67N5O11S. The van der Waals surface area contributed by atoms with Gasteiger partial charge in [0.05, 0.1) is 31.6 Å². The maximum absolute atomic E-state index is 14.3. The number of amides is 4. The molecule has 2 aromatic carbocycles. The van der Waals surface area contributed by atoms with E-state index < -0.39 is 75.8 Å². The van der Waals surface area contributed by atoms with E-state index in [9.17, 15) is 37.5 Å². The van der Waals surface area contributed by atoms with Crippen molar-refractivity contribution in [3.05, 3.63) is 71.8 Å². The summed E-state index contributed by atoms with van der Waals surface area (Å²) in [5.74, 6) is -1.59. The number of hydrogen-bond donors (Lipinski definition) is 5. The lowest BCUT2D eigenvalue weighted by Crippen LogP contribution is -2.60. The third-order valence-corrected chi connectivity index (χ3v) is 11.5. The Kier molecular flexibility index (Phi) is 22.4. The lowest BCUT2D eigenvalue weighted by molar-refractivity contribution is -0.143. The van der Waals surface area contributed by atoms with E-state index in [2.05, 4.69) is 27.2 Å². The number of nitrogens with zero attached hydrogens (tertiary/aromatic N) is 1. The molecule has 16 nitrogen and oxygen atoms in total. The van der Waals surface area contributed by atoms with Crippen molar-refractivity contribution in [3.63, 3.8) is 0 Å². The Hall–Kier alpha value is -4.70. The zero-order valence-electron chi connectivity index (χ0n) is 37.3. The first-order valence-electron chi connectivity index (χ1n) is 21.6. The number of nitrogens with one attached hydrogen (secondary N) is 4. The molecule has 0 spiro atoms. The topological polar surface area (TPSA) is 219 Å². The molecule has 348 valence electrons. The molecule has 1 aliphatic heterocycles. The summed E-state index contributed by atoms with van der Waals surface area (Å²) < 4.78 is 40.7. The second kappa shape index (κ2) is 26.8. The number of ether oxygens (including phenoxy) is 2. The van der Waals surface area contributed by atoms with E-state index in [-0.39, 0.29) is 69.6 Å². The minimum Gasteiger partial charge on any atom is -0.380 e. The molecule has 3 rings (SSSR count). The average Bonchev–Trinajstić information content (AvgIpc) is 3.24. The van der Waals surface area contributed by atoms with Crippen LogP contribution < -0.4 is 21.3 Å². The minimum absolute atomic E-state index is 0.00342. The Balaban J connectivity index is 1.82. The van der Waals surface area contributed by atoms with Gasteiger partial charge in [-0.1, -0.05) is 94.3 Å². The second-order valence-electron chi connectivity index (χ2n) is 16.9. The molecule has 0 saturated carbocycles. The molecule has 1 fully saturated rings. The Labute approximate surface area is 373 Å². The fourth-order valence-electron chi connectivity index (χ4n) is 6.89. The van der Waals surface area contributed by atoms with Crippen LogP contribution in [0.1, 0.15) is 71.4 Å². The number of hydrogen-bond acceptors (Lipinski definition) is 12. The van der Waals surface area contributed by atoms with Crippen molar-refractivity contribution in [2.45, 2.75) is 103 Å². The number of carbonyl (C=O) groups is 5. The molecule has 0 bridgehead atoms. The summed E-state index contributed by atoms with van der Waals surface area (Å²) in [6, 6.07) is 13.8. The monoisotopic (exact) mass is 897 g/mol. The molecule has 63 heavy (non-hydrogen) atoms. The first kappa shape index (κ1) is 52.6. The highest BCUT2D eigenvalue weighted by Gasteiger charge is 2.40. The van der Waals surface area contributed by atoms with Gasteiger partial charge in [-0.2, -0.15) is 8.42 Å². The highest BCUT2D eigenvalue weighted by molar-refractivity contribution is 7.86. The number of aliphatic hydroxyl groups is 1. The van der Waals surface area contributed by atoms with Gasteiger partial charge in [0, 0.05) is 26.1 Å². The highest BCUT2D eigenvalue weighted by Crippen LogP contribution is 2.18. The lowest BCUT2D eigenvalue weighted by Gasteiger charge is -2.30. The predicted molar refractivity (Wildman–Crippen MR) is 238 cm³/mol. The number of Topliss-reactive ketones (excluding diaryl/α,β-unsaturated/α-hetero) is 1. The quantitative estimate of drug-likeness (QED) is 0.0471. The average molecular weight is 898 g/mol. The van der Waals surface area contributed by atoms with Crippen LogP contribution in [0.25, 0.3) is 0 Å². The maximum Gasteiger partial charge on any atom is 0.267 e. The number of benzene rings is 2. The Morgan fingerprint density at radius 1 is 0.810 bits per heavy atom. The van der Waals surface area contributed by atoms with Gasteiger partial charge >= 0.3 is 0 Å². The van der Waals surface area contributed by atoms with Crippen molar-refractivity contribution >= 4 is 39.5 Å². The molecule has 4 amide bonds. The van der Waals surface area contributed by atoms with E-state index in [4.69, 9.17) is 20.1 Å². The predicted octanol–water partition coefficient (Wildman–Crippen LogP) is 1.93. The van der Waals surface area contributed by atoms with Crippen molar-refractivity contribution < 1.29 is 51.2 Å². The molecule has 1 saturated heterocycles. The van der Waals surface area contributed by atoms with E-state index >= 15 is 0 Å². The van der Waals surface area contributed by atoms with Crippen LogP contribution in [-0.2, 0) is 60.6 Å². The van der Waals surface area contributed by atoms with Gasteiger partial charge in [-0.15, -0.1) is 6.42 Å². The van der Waals surface area contributed by atoms with Gasteiger partial charge in [0.1, 0.15) is 36.9 Å². The largest absolute Gasteiger partial charge is 0.380 e. The van der Waals surface area contributed by atoms with Crippen LogP contribution >= 0.6 is 0 Å². The SMILES string of the molecule is C#CCOCCCS(=O)(=O)OC[C@@](C)(O)C(=O)[C@H](CC(C)C)NC(=O)[C@H](Cc1ccccc1)NC(=O)[C@H](CC(C)C)NC(=O)[C@H](CCc1ccccc1)NC(=O)CN1CCOCC1. The summed E-state index contributed by atoms with van der Waals surface area (Å²) in [6.45, 7) is 9.94. The third-order valence-electron chi connectivity index (χ3n) is 10.2. The van der Waals surface area contributed by atoms with Crippen molar-refractivity contribution in [1.29, 1.82) is 0 Å². The summed E-state index contributed by atoms with van der Waals surface area (Å²) >= 11 is 0. The van der Waals surface area contributed by atoms with Crippen LogP contribution in [0.15, 0.2) is 60.7 Å². The van der Waals surface area contributed by atoms with E-state index in [1.807, 2.05) is 62.9 Å². The van der Waals surface area contributed by atoms with Gasteiger partial charge in [-0.05, 0) is 62.0 Å². The molecule has 17 heteroatoms. The van der Waals surface area contributed by atoms with Gasteiger partial charge in [0.15, 0.2) is 5.78 Å². The summed E-state index contributed by atoms with van der Waals surface area (Å²) in [6.07, 6.45) is 6.21. The molecular weight excluding hydrogens is 831 g/mol. The van der Waals surface area contributed by atoms with E-state index in [0.29, 0.717) is 38.3 Å². The first-order chi connectivity index (χ1) is 29.9. The second-order valence-corrected chi connectivity index (χ2v) is 18.7. The molecule has 0 unspecified atom stereocenters. The van der Waals surface area contributed by atoms with Gasteiger partial charge in [0.2, 0.25) is 23.6 Å². The van der Waals surface area contributed by atoms with Crippen LogP contribution in [0, 0.1) is 24.2 Å². The third kappa shape index (κ3) is 20.1. The Bertz CT molecular complexity index is 1900. The van der Waals surface area contributed by atoms with Gasteiger partial charge in [0.25, 0.3) is 10.1 Å². The summed E-state index contributed by atoms with van der Waals surface area (Å²) in [4.78, 5) is 71.7. The summed E-state index contributed by atoms with van der Waals surface area (Å²) in [5.41, 5.74) is -0.677. The zero-order chi connectivity index (χ0) is 46.4. The number of ketones is 1. The van der Waals surface area contributed by atoms with Gasteiger partial charge < -0.3 is 35.8 Å². The van der Waals surface area contributed by atoms with Crippen molar-refractivity contribution in [2.75, 3.05) is 58.4 Å². The van der Waals surface area contributed by atoms with Crippen LogP contribution in [0.4, 0.5) is 0 Å². The molecule has 2 aromatic rings. The molecule has 0 aliphatic carbocycles. The van der Waals surface area contributed by atoms with Crippen molar-refractivity contribution in [3.8, 4) is 12.3 Å². The smallest absolute Gasteiger partial charge is 0.267 e. The minimum atomic E-state index is -4.16. The van der Waals surface area contributed by atoms with Crippen LogP contribution in [0.2, 0.25) is 0 Å². The highest BCUT2D eigenvalue weighted by atomic mass is 32.2. The number of carbonyl (C=O) groups excluding carboxylic acids is 5. The number of terminal acetylenes is 1. The summed E-state index contributed by atoms with van der Waals surface area (Å²) in [5, 5.41) is 22.5. The number of aryl methyl sites for hydroxylation is 1.